The van der Waals surface area contributed by atoms with Crippen LogP contribution in [0.1, 0.15) is 12.0 Å². The maximum absolute atomic E-state index is 5.71. The zero-order valence-electron chi connectivity index (χ0n) is 7.87. The zero-order chi connectivity index (χ0) is 9.73. The van der Waals surface area contributed by atoms with Crippen molar-refractivity contribution in [3.05, 3.63) is 42.8 Å². The molecule has 2 heteroatoms. The summed E-state index contributed by atoms with van der Waals surface area (Å²) in [6.07, 6.45) is 0.827. The van der Waals surface area contributed by atoms with Crippen LogP contribution in [0.2, 0.25) is 0 Å². The molecule has 0 spiro atoms. The van der Waals surface area contributed by atoms with Crippen LogP contribution in [-0.2, 0) is 5.41 Å². The summed E-state index contributed by atoms with van der Waals surface area (Å²) in [4.78, 5) is 0. The van der Waals surface area contributed by atoms with E-state index in [-0.39, 0.29) is 5.41 Å². The second-order valence-electron chi connectivity index (χ2n) is 3.39. The van der Waals surface area contributed by atoms with E-state index in [1.54, 1.807) is 0 Å². The molecule has 2 nitrogen and oxygen atoms in total. The molecule has 1 unspecified atom stereocenters. The first-order valence-electron chi connectivity index (χ1n) is 4.54. The molecule has 0 heterocycles. The van der Waals surface area contributed by atoms with E-state index in [4.69, 9.17) is 11.5 Å². The van der Waals surface area contributed by atoms with Crippen molar-refractivity contribution in [1.29, 1.82) is 0 Å². The molecule has 1 aromatic rings. The molecule has 0 saturated heterocycles. The van der Waals surface area contributed by atoms with E-state index in [1.165, 1.54) is 5.56 Å². The Labute approximate surface area is 79.9 Å². The van der Waals surface area contributed by atoms with Crippen LogP contribution in [-0.4, -0.2) is 13.1 Å². The first-order chi connectivity index (χ1) is 6.23. The van der Waals surface area contributed by atoms with Gasteiger partial charge in [-0.05, 0) is 25.5 Å². The first-order valence-corrected chi connectivity index (χ1v) is 4.54. The van der Waals surface area contributed by atoms with Crippen molar-refractivity contribution in [2.24, 2.45) is 11.5 Å². The van der Waals surface area contributed by atoms with Gasteiger partial charge in [-0.1, -0.05) is 30.3 Å². The highest BCUT2D eigenvalue weighted by atomic mass is 14.6. The van der Waals surface area contributed by atoms with Crippen molar-refractivity contribution >= 4 is 0 Å². The molecule has 0 amide bonds. The Bertz CT molecular complexity index is 246. The van der Waals surface area contributed by atoms with Gasteiger partial charge in [0.15, 0.2) is 0 Å². The molecule has 0 bridgehead atoms. The van der Waals surface area contributed by atoms with E-state index in [0.717, 1.165) is 6.42 Å². The van der Waals surface area contributed by atoms with E-state index in [1.807, 2.05) is 18.2 Å². The van der Waals surface area contributed by atoms with Crippen LogP contribution in [0.4, 0.5) is 0 Å². The molecule has 1 rings (SSSR count). The lowest BCUT2D eigenvalue weighted by atomic mass is 9.80. The molecular weight excluding hydrogens is 160 g/mol. The summed E-state index contributed by atoms with van der Waals surface area (Å²) < 4.78 is 0. The van der Waals surface area contributed by atoms with E-state index < -0.39 is 0 Å². The van der Waals surface area contributed by atoms with Gasteiger partial charge in [-0.15, -0.1) is 0 Å². The molecule has 0 aliphatic heterocycles. The Hall–Kier alpha value is -0.860. The predicted octanol–water partition coefficient (Wildman–Crippen LogP) is 1.07. The Kier molecular flexibility index (Phi) is 3.46. The second-order valence-corrected chi connectivity index (χ2v) is 3.39. The number of rotatable bonds is 4. The number of hydrogen-bond acceptors (Lipinski definition) is 2. The fourth-order valence-electron chi connectivity index (χ4n) is 1.43. The summed E-state index contributed by atoms with van der Waals surface area (Å²) in [6.45, 7) is 5.30. The minimum absolute atomic E-state index is 0.212. The van der Waals surface area contributed by atoms with Gasteiger partial charge in [0.2, 0.25) is 0 Å². The summed E-state index contributed by atoms with van der Waals surface area (Å²) in [5.74, 6) is 0. The van der Waals surface area contributed by atoms with Gasteiger partial charge >= 0.3 is 0 Å². The number of nitrogens with two attached hydrogens (primary N) is 2. The summed E-state index contributed by atoms with van der Waals surface area (Å²) in [5, 5.41) is 0. The van der Waals surface area contributed by atoms with Gasteiger partial charge in [-0.25, -0.2) is 0 Å². The third-order valence-electron chi connectivity index (χ3n) is 2.40. The van der Waals surface area contributed by atoms with Gasteiger partial charge < -0.3 is 11.5 Å². The van der Waals surface area contributed by atoms with Crippen LogP contribution in [0, 0.1) is 6.92 Å². The molecule has 71 valence electrons. The average Bonchev–Trinajstić information content (AvgIpc) is 2.19. The maximum Gasteiger partial charge on any atom is 0.00878 e. The second kappa shape index (κ2) is 4.40. The van der Waals surface area contributed by atoms with E-state index in [0.29, 0.717) is 13.1 Å². The lowest BCUT2D eigenvalue weighted by molar-refractivity contribution is 0.504. The van der Waals surface area contributed by atoms with Gasteiger partial charge in [0, 0.05) is 12.0 Å². The number of hydrogen-bond donors (Lipinski definition) is 2. The summed E-state index contributed by atoms with van der Waals surface area (Å²) in [7, 11) is 0. The lowest BCUT2D eigenvalue weighted by Gasteiger charge is -2.27. The molecule has 13 heavy (non-hydrogen) atoms. The molecule has 0 aliphatic rings. The zero-order valence-corrected chi connectivity index (χ0v) is 7.87. The molecule has 1 atom stereocenters. The highest BCUT2D eigenvalue weighted by Crippen LogP contribution is 2.24. The van der Waals surface area contributed by atoms with Gasteiger partial charge in [-0.3, -0.25) is 0 Å². The van der Waals surface area contributed by atoms with Crippen LogP contribution in [0.5, 0.6) is 0 Å². The Balaban J connectivity index is 2.89. The lowest BCUT2D eigenvalue weighted by Crippen LogP contribution is -2.34. The van der Waals surface area contributed by atoms with Crippen LogP contribution in [0.3, 0.4) is 0 Å². The van der Waals surface area contributed by atoms with Crippen LogP contribution in [0.15, 0.2) is 30.3 Å². The van der Waals surface area contributed by atoms with Crippen molar-refractivity contribution in [3.8, 4) is 0 Å². The largest absolute Gasteiger partial charge is 0.330 e. The summed E-state index contributed by atoms with van der Waals surface area (Å²) in [5.41, 5.74) is 12.2. The van der Waals surface area contributed by atoms with E-state index >= 15 is 0 Å². The third-order valence-corrected chi connectivity index (χ3v) is 2.40. The maximum atomic E-state index is 5.71. The van der Waals surface area contributed by atoms with E-state index in [9.17, 15) is 0 Å². The van der Waals surface area contributed by atoms with Crippen molar-refractivity contribution in [1.82, 2.24) is 0 Å². The topological polar surface area (TPSA) is 52.0 Å². The molecular formula is C11H17N2. The highest BCUT2D eigenvalue weighted by molar-refractivity contribution is 5.27. The quantitative estimate of drug-likeness (QED) is 0.722. The van der Waals surface area contributed by atoms with Crippen LogP contribution in [0.25, 0.3) is 0 Å². The van der Waals surface area contributed by atoms with Crippen LogP contribution >= 0.6 is 0 Å². The Morgan fingerprint density at radius 2 is 1.77 bits per heavy atom. The minimum Gasteiger partial charge on any atom is -0.330 e. The fraction of sp³-hybridized carbons (Fsp3) is 0.364. The van der Waals surface area contributed by atoms with Crippen molar-refractivity contribution < 1.29 is 0 Å². The fourth-order valence-corrected chi connectivity index (χ4v) is 1.43. The molecule has 1 radical (unpaired) electrons. The molecule has 4 N–H and O–H groups in total. The standard InChI is InChI=1S/C11H17N2/c1-11(9-13,7-8-12)10-5-3-2-4-6-10/h2-6H,1,7-9,12-13H2. The van der Waals surface area contributed by atoms with E-state index in [2.05, 4.69) is 19.1 Å². The van der Waals surface area contributed by atoms with Gasteiger partial charge in [0.05, 0.1) is 0 Å². The number of benzene rings is 1. The predicted molar refractivity (Wildman–Crippen MR) is 56.2 cm³/mol. The molecule has 0 fully saturated rings. The van der Waals surface area contributed by atoms with Crippen molar-refractivity contribution in [3.63, 3.8) is 0 Å². The highest BCUT2D eigenvalue weighted by Gasteiger charge is 2.23. The molecule has 0 aliphatic carbocycles. The first kappa shape index (κ1) is 10.2. The van der Waals surface area contributed by atoms with Crippen molar-refractivity contribution in [2.75, 3.05) is 13.1 Å². The van der Waals surface area contributed by atoms with Gasteiger partial charge in [0.1, 0.15) is 0 Å². The SMILES string of the molecule is [CH2]C(CN)(CCN)c1ccccc1. The Morgan fingerprint density at radius 3 is 2.23 bits per heavy atom. The summed E-state index contributed by atoms with van der Waals surface area (Å²) in [6, 6.07) is 10.1. The summed E-state index contributed by atoms with van der Waals surface area (Å²) >= 11 is 0. The van der Waals surface area contributed by atoms with Gasteiger partial charge in [0.25, 0.3) is 0 Å². The van der Waals surface area contributed by atoms with Gasteiger partial charge in [-0.2, -0.15) is 0 Å². The smallest absolute Gasteiger partial charge is 0.00878 e. The molecule has 0 aromatic heterocycles. The van der Waals surface area contributed by atoms with Crippen molar-refractivity contribution in [2.45, 2.75) is 11.8 Å². The van der Waals surface area contributed by atoms with Crippen LogP contribution < -0.4 is 11.5 Å². The normalized spacial score (nSPS) is 15.3. The minimum atomic E-state index is -0.212. The third kappa shape index (κ3) is 2.29. The molecule has 1 aromatic carbocycles. The Morgan fingerprint density at radius 1 is 1.15 bits per heavy atom. The average molecular weight is 177 g/mol. The molecule has 0 saturated carbocycles. The monoisotopic (exact) mass is 177 g/mol.